The SMILES string of the molecule is CCC(C)n1cc(N)c(-c2sccc2C)n1. The Balaban J connectivity index is 2.43. The van der Waals surface area contributed by atoms with Crippen LogP contribution in [0.15, 0.2) is 17.6 Å². The van der Waals surface area contributed by atoms with Crippen molar-refractivity contribution >= 4 is 17.0 Å². The van der Waals surface area contributed by atoms with Gasteiger partial charge in [-0.15, -0.1) is 11.3 Å². The summed E-state index contributed by atoms with van der Waals surface area (Å²) in [7, 11) is 0. The van der Waals surface area contributed by atoms with E-state index < -0.39 is 0 Å². The Bertz CT molecular complexity index is 484. The average molecular weight is 235 g/mol. The zero-order valence-corrected chi connectivity index (χ0v) is 10.7. The van der Waals surface area contributed by atoms with Crippen molar-refractivity contribution in [1.82, 2.24) is 9.78 Å². The van der Waals surface area contributed by atoms with Crippen molar-refractivity contribution in [2.75, 3.05) is 5.73 Å². The molecule has 0 fully saturated rings. The van der Waals surface area contributed by atoms with Crippen LogP contribution >= 0.6 is 11.3 Å². The maximum Gasteiger partial charge on any atom is 0.125 e. The summed E-state index contributed by atoms with van der Waals surface area (Å²) in [5, 5.41) is 6.66. The van der Waals surface area contributed by atoms with E-state index in [-0.39, 0.29) is 0 Å². The number of nitrogens with zero attached hydrogens (tertiary/aromatic N) is 2. The molecule has 0 aromatic carbocycles. The Kier molecular flexibility index (Phi) is 3.01. The van der Waals surface area contributed by atoms with E-state index in [4.69, 9.17) is 5.73 Å². The first-order chi connectivity index (χ1) is 7.63. The van der Waals surface area contributed by atoms with Gasteiger partial charge in [0.25, 0.3) is 0 Å². The Morgan fingerprint density at radius 2 is 2.31 bits per heavy atom. The highest BCUT2D eigenvalue weighted by atomic mass is 32.1. The Morgan fingerprint density at radius 1 is 1.56 bits per heavy atom. The maximum absolute atomic E-state index is 6.02. The zero-order chi connectivity index (χ0) is 11.7. The number of hydrogen-bond donors (Lipinski definition) is 1. The molecule has 2 aromatic heterocycles. The molecule has 0 radical (unpaired) electrons. The summed E-state index contributed by atoms with van der Waals surface area (Å²) in [4.78, 5) is 1.18. The van der Waals surface area contributed by atoms with Crippen LogP contribution in [-0.2, 0) is 0 Å². The zero-order valence-electron chi connectivity index (χ0n) is 9.90. The smallest absolute Gasteiger partial charge is 0.125 e. The maximum atomic E-state index is 6.02. The van der Waals surface area contributed by atoms with Gasteiger partial charge in [-0.2, -0.15) is 5.10 Å². The number of thiophene rings is 1. The van der Waals surface area contributed by atoms with Gasteiger partial charge in [-0.25, -0.2) is 0 Å². The molecule has 0 amide bonds. The number of anilines is 1. The van der Waals surface area contributed by atoms with Crippen molar-refractivity contribution < 1.29 is 0 Å². The molecule has 86 valence electrons. The number of hydrogen-bond acceptors (Lipinski definition) is 3. The minimum atomic E-state index is 0.399. The molecule has 0 saturated heterocycles. The molecule has 1 unspecified atom stereocenters. The van der Waals surface area contributed by atoms with E-state index in [0.29, 0.717) is 6.04 Å². The Morgan fingerprint density at radius 3 is 2.88 bits per heavy atom. The topological polar surface area (TPSA) is 43.8 Å². The Labute approximate surface area is 99.9 Å². The van der Waals surface area contributed by atoms with Crippen molar-refractivity contribution in [3.05, 3.63) is 23.2 Å². The van der Waals surface area contributed by atoms with Gasteiger partial charge in [-0.1, -0.05) is 6.92 Å². The second-order valence-corrected chi connectivity index (χ2v) is 5.02. The van der Waals surface area contributed by atoms with Crippen LogP contribution in [0, 0.1) is 6.92 Å². The third kappa shape index (κ3) is 1.85. The van der Waals surface area contributed by atoms with Gasteiger partial charge in [0.15, 0.2) is 0 Å². The van der Waals surface area contributed by atoms with Crippen LogP contribution in [0.4, 0.5) is 5.69 Å². The first-order valence-electron chi connectivity index (χ1n) is 5.52. The predicted molar refractivity (Wildman–Crippen MR) is 69.7 cm³/mol. The second-order valence-electron chi connectivity index (χ2n) is 4.10. The largest absolute Gasteiger partial charge is 0.396 e. The fourth-order valence-electron chi connectivity index (χ4n) is 1.61. The van der Waals surface area contributed by atoms with Crippen molar-refractivity contribution in [2.24, 2.45) is 0 Å². The Hall–Kier alpha value is -1.29. The summed E-state index contributed by atoms with van der Waals surface area (Å²) in [6.45, 7) is 6.39. The lowest BCUT2D eigenvalue weighted by Crippen LogP contribution is -2.03. The van der Waals surface area contributed by atoms with E-state index >= 15 is 0 Å². The van der Waals surface area contributed by atoms with Gasteiger partial charge in [0.2, 0.25) is 0 Å². The highest BCUT2D eigenvalue weighted by Crippen LogP contribution is 2.32. The monoisotopic (exact) mass is 235 g/mol. The molecule has 4 heteroatoms. The molecule has 16 heavy (non-hydrogen) atoms. The van der Waals surface area contributed by atoms with E-state index in [9.17, 15) is 0 Å². The lowest BCUT2D eigenvalue weighted by molar-refractivity contribution is 0.479. The van der Waals surface area contributed by atoms with Gasteiger partial charge in [0, 0.05) is 12.2 Å². The number of rotatable bonds is 3. The minimum absolute atomic E-state index is 0.399. The molecular weight excluding hydrogens is 218 g/mol. The highest BCUT2D eigenvalue weighted by molar-refractivity contribution is 7.13. The van der Waals surface area contributed by atoms with Gasteiger partial charge < -0.3 is 5.73 Å². The predicted octanol–water partition coefficient (Wildman–Crippen LogP) is 3.47. The number of nitrogen functional groups attached to an aromatic ring is 1. The molecule has 1 atom stereocenters. The highest BCUT2D eigenvalue weighted by Gasteiger charge is 2.13. The van der Waals surface area contributed by atoms with Crippen LogP contribution in [0.5, 0.6) is 0 Å². The van der Waals surface area contributed by atoms with Crippen molar-refractivity contribution in [3.63, 3.8) is 0 Å². The van der Waals surface area contributed by atoms with Crippen molar-refractivity contribution in [1.29, 1.82) is 0 Å². The third-order valence-electron chi connectivity index (χ3n) is 2.88. The summed E-state index contributed by atoms with van der Waals surface area (Å²) in [5.74, 6) is 0. The molecule has 0 aliphatic heterocycles. The summed E-state index contributed by atoms with van der Waals surface area (Å²) in [6, 6.07) is 2.50. The van der Waals surface area contributed by atoms with Gasteiger partial charge in [0.1, 0.15) is 5.69 Å². The molecule has 0 aliphatic rings. The van der Waals surface area contributed by atoms with Crippen LogP contribution in [0.1, 0.15) is 31.9 Å². The van der Waals surface area contributed by atoms with Crippen LogP contribution in [0.25, 0.3) is 10.6 Å². The van der Waals surface area contributed by atoms with E-state index in [2.05, 4.69) is 37.3 Å². The quantitative estimate of drug-likeness (QED) is 0.885. The lowest BCUT2D eigenvalue weighted by atomic mass is 10.2. The van der Waals surface area contributed by atoms with Gasteiger partial charge in [-0.3, -0.25) is 4.68 Å². The normalized spacial score (nSPS) is 12.9. The van der Waals surface area contributed by atoms with E-state index in [1.165, 1.54) is 10.4 Å². The number of nitrogens with two attached hydrogens (primary N) is 1. The van der Waals surface area contributed by atoms with E-state index in [1.54, 1.807) is 11.3 Å². The van der Waals surface area contributed by atoms with Gasteiger partial charge >= 0.3 is 0 Å². The van der Waals surface area contributed by atoms with Crippen molar-refractivity contribution in [2.45, 2.75) is 33.2 Å². The fraction of sp³-hybridized carbons (Fsp3) is 0.417. The molecule has 2 N–H and O–H groups in total. The molecule has 0 spiro atoms. The van der Waals surface area contributed by atoms with E-state index in [1.807, 2.05) is 10.9 Å². The third-order valence-corrected chi connectivity index (χ3v) is 3.90. The standard InChI is InChI=1S/C12H17N3S/c1-4-9(3)15-7-10(13)11(14-15)12-8(2)5-6-16-12/h5-7,9H,4,13H2,1-3H3. The summed E-state index contributed by atoms with van der Waals surface area (Å²) < 4.78 is 1.96. The first-order valence-corrected chi connectivity index (χ1v) is 6.40. The van der Waals surface area contributed by atoms with Crippen LogP contribution < -0.4 is 5.73 Å². The number of aromatic nitrogens is 2. The molecule has 0 bridgehead atoms. The van der Waals surface area contributed by atoms with E-state index in [0.717, 1.165) is 17.8 Å². The summed E-state index contributed by atoms with van der Waals surface area (Å²) in [6.07, 6.45) is 2.99. The van der Waals surface area contributed by atoms with Crippen LogP contribution in [0.2, 0.25) is 0 Å². The van der Waals surface area contributed by atoms with Crippen LogP contribution in [0.3, 0.4) is 0 Å². The average Bonchev–Trinajstić information content (AvgIpc) is 2.83. The summed E-state index contributed by atoms with van der Waals surface area (Å²) in [5.41, 5.74) is 8.95. The molecular formula is C12H17N3S. The molecule has 2 rings (SSSR count). The lowest BCUT2D eigenvalue weighted by Gasteiger charge is -2.07. The molecule has 2 heterocycles. The molecule has 2 aromatic rings. The first kappa shape index (κ1) is 11.2. The second kappa shape index (κ2) is 4.29. The van der Waals surface area contributed by atoms with Crippen molar-refractivity contribution in [3.8, 4) is 10.6 Å². The molecule has 0 aliphatic carbocycles. The molecule has 0 saturated carbocycles. The van der Waals surface area contributed by atoms with Crippen LogP contribution in [-0.4, -0.2) is 9.78 Å². The summed E-state index contributed by atoms with van der Waals surface area (Å²) >= 11 is 1.69. The van der Waals surface area contributed by atoms with Gasteiger partial charge in [-0.05, 0) is 37.3 Å². The number of aryl methyl sites for hydroxylation is 1. The minimum Gasteiger partial charge on any atom is -0.396 e. The fourth-order valence-corrected chi connectivity index (χ4v) is 2.54. The van der Waals surface area contributed by atoms with Gasteiger partial charge in [0.05, 0.1) is 10.6 Å². The molecule has 3 nitrogen and oxygen atoms in total.